The van der Waals surface area contributed by atoms with Gasteiger partial charge >= 0.3 is 0 Å². The van der Waals surface area contributed by atoms with E-state index in [1.165, 1.54) is 25.3 Å². The number of carbonyl (C=O) groups excluding carboxylic acids is 1. The molecule has 0 radical (unpaired) electrons. The van der Waals surface area contributed by atoms with Gasteiger partial charge in [0.2, 0.25) is 10.0 Å². The Labute approximate surface area is 124 Å². The van der Waals surface area contributed by atoms with Gasteiger partial charge in [0.1, 0.15) is 5.75 Å². The Hall–Kier alpha value is -1.64. The van der Waals surface area contributed by atoms with E-state index < -0.39 is 15.9 Å². The van der Waals surface area contributed by atoms with Crippen LogP contribution in [0.4, 0.5) is 0 Å². The van der Waals surface area contributed by atoms with Crippen LogP contribution < -0.4 is 15.2 Å². The summed E-state index contributed by atoms with van der Waals surface area (Å²) in [6, 6.07) is 3.57. The van der Waals surface area contributed by atoms with E-state index in [1.807, 2.05) is 0 Å². The number of hydrogen-bond acceptors (Lipinski definition) is 5. The molecule has 1 amide bonds. The van der Waals surface area contributed by atoms with Crippen molar-refractivity contribution in [2.24, 2.45) is 5.73 Å². The van der Waals surface area contributed by atoms with Crippen LogP contribution in [0.5, 0.6) is 5.75 Å². The highest BCUT2D eigenvalue weighted by Crippen LogP contribution is 2.22. The number of benzene rings is 1. The maximum atomic E-state index is 12.2. The van der Waals surface area contributed by atoms with Crippen LogP contribution in [0.25, 0.3) is 0 Å². The van der Waals surface area contributed by atoms with Gasteiger partial charge < -0.3 is 15.6 Å². The fourth-order valence-corrected chi connectivity index (χ4v) is 3.14. The zero-order valence-corrected chi connectivity index (χ0v) is 12.8. The quantitative estimate of drug-likeness (QED) is 0.634. The molecule has 0 bridgehead atoms. The lowest BCUT2D eigenvalue weighted by Crippen LogP contribution is -2.33. The van der Waals surface area contributed by atoms with Crippen molar-refractivity contribution in [1.82, 2.24) is 4.72 Å². The van der Waals surface area contributed by atoms with Gasteiger partial charge in [-0.3, -0.25) is 4.79 Å². The van der Waals surface area contributed by atoms with Gasteiger partial charge in [-0.25, -0.2) is 13.1 Å². The zero-order valence-electron chi connectivity index (χ0n) is 12.0. The fourth-order valence-electron chi connectivity index (χ4n) is 1.84. The van der Waals surface area contributed by atoms with E-state index in [4.69, 9.17) is 15.6 Å². The van der Waals surface area contributed by atoms with Gasteiger partial charge in [-0.1, -0.05) is 0 Å². The van der Waals surface area contributed by atoms with Crippen LogP contribution in [0.1, 0.15) is 30.1 Å². The molecule has 118 valence electrons. The van der Waals surface area contributed by atoms with Crippen LogP contribution in [0, 0.1) is 0 Å². The Morgan fingerprint density at radius 3 is 2.67 bits per heavy atom. The van der Waals surface area contributed by atoms with Crippen molar-refractivity contribution < 1.29 is 23.1 Å². The fraction of sp³-hybridized carbons (Fsp3) is 0.462. The second-order valence-corrected chi connectivity index (χ2v) is 6.33. The van der Waals surface area contributed by atoms with E-state index in [2.05, 4.69) is 4.72 Å². The third kappa shape index (κ3) is 4.69. The standard InChI is InChI=1S/C13H20N2O5S/c1-9(4-3-7-16)15-21(18,19)10-5-6-12(20-2)11(8-10)13(14)17/h5-6,8-9,15-16H,3-4,7H2,1-2H3,(H2,14,17). The molecule has 0 fully saturated rings. The lowest BCUT2D eigenvalue weighted by atomic mass is 10.2. The number of carbonyl (C=O) groups is 1. The molecular formula is C13H20N2O5S. The predicted molar refractivity (Wildman–Crippen MR) is 77.6 cm³/mol. The summed E-state index contributed by atoms with van der Waals surface area (Å²) in [4.78, 5) is 11.3. The van der Waals surface area contributed by atoms with E-state index in [9.17, 15) is 13.2 Å². The molecule has 0 aliphatic rings. The molecule has 0 aromatic heterocycles. The van der Waals surface area contributed by atoms with Crippen LogP contribution in [-0.4, -0.2) is 39.2 Å². The Morgan fingerprint density at radius 2 is 2.14 bits per heavy atom. The molecule has 1 aromatic rings. The van der Waals surface area contributed by atoms with Gasteiger partial charge in [0.15, 0.2) is 0 Å². The Kier molecular flexibility index (Phi) is 6.13. The number of sulfonamides is 1. The number of amides is 1. The highest BCUT2D eigenvalue weighted by molar-refractivity contribution is 7.89. The van der Waals surface area contributed by atoms with Gasteiger partial charge in [-0.2, -0.15) is 0 Å². The summed E-state index contributed by atoms with van der Waals surface area (Å²) in [5.41, 5.74) is 5.21. The molecule has 8 heteroatoms. The summed E-state index contributed by atoms with van der Waals surface area (Å²) in [5.74, 6) is -0.549. The van der Waals surface area contributed by atoms with Gasteiger partial charge in [-0.15, -0.1) is 0 Å². The molecule has 1 unspecified atom stereocenters. The number of ether oxygens (including phenoxy) is 1. The number of nitrogens with one attached hydrogen (secondary N) is 1. The number of rotatable bonds is 8. The second-order valence-electron chi connectivity index (χ2n) is 4.61. The van der Waals surface area contributed by atoms with Gasteiger partial charge in [-0.05, 0) is 38.0 Å². The Morgan fingerprint density at radius 1 is 1.48 bits per heavy atom. The molecule has 0 saturated carbocycles. The highest BCUT2D eigenvalue weighted by atomic mass is 32.2. The zero-order chi connectivity index (χ0) is 16.0. The van der Waals surface area contributed by atoms with E-state index >= 15 is 0 Å². The minimum Gasteiger partial charge on any atom is -0.496 e. The first-order chi connectivity index (χ1) is 9.81. The number of methoxy groups -OCH3 is 1. The summed E-state index contributed by atoms with van der Waals surface area (Å²) < 4.78 is 31.9. The molecule has 4 N–H and O–H groups in total. The number of aliphatic hydroxyl groups is 1. The monoisotopic (exact) mass is 316 g/mol. The minimum absolute atomic E-state index is 0.000424. The molecule has 7 nitrogen and oxygen atoms in total. The van der Waals surface area contributed by atoms with Crippen molar-refractivity contribution in [2.75, 3.05) is 13.7 Å². The third-order valence-corrected chi connectivity index (χ3v) is 4.49. The van der Waals surface area contributed by atoms with E-state index in [1.54, 1.807) is 6.92 Å². The molecule has 0 aliphatic carbocycles. The average Bonchev–Trinajstić information content (AvgIpc) is 2.43. The summed E-state index contributed by atoms with van der Waals surface area (Å²) in [7, 11) is -2.40. The average molecular weight is 316 g/mol. The summed E-state index contributed by atoms with van der Waals surface area (Å²) >= 11 is 0. The van der Waals surface area contributed by atoms with E-state index in [-0.39, 0.29) is 28.9 Å². The first-order valence-corrected chi connectivity index (χ1v) is 7.91. The number of nitrogens with two attached hydrogens (primary N) is 1. The topological polar surface area (TPSA) is 119 Å². The van der Waals surface area contributed by atoms with E-state index in [0.29, 0.717) is 12.8 Å². The lowest BCUT2D eigenvalue weighted by molar-refractivity contribution is 0.0997. The molecule has 0 heterocycles. The highest BCUT2D eigenvalue weighted by Gasteiger charge is 2.20. The third-order valence-electron chi connectivity index (χ3n) is 2.90. The van der Waals surface area contributed by atoms with Crippen LogP contribution in [0.15, 0.2) is 23.1 Å². The van der Waals surface area contributed by atoms with E-state index in [0.717, 1.165) is 0 Å². The first-order valence-electron chi connectivity index (χ1n) is 6.43. The van der Waals surface area contributed by atoms with Crippen LogP contribution in [-0.2, 0) is 10.0 Å². The smallest absolute Gasteiger partial charge is 0.252 e. The normalized spacial score (nSPS) is 12.9. The number of primary amides is 1. The first kappa shape index (κ1) is 17.4. The second kappa shape index (κ2) is 7.39. The van der Waals surface area contributed by atoms with Gasteiger partial charge in [0, 0.05) is 12.6 Å². The Balaban J connectivity index is 3.03. The molecule has 1 atom stereocenters. The summed E-state index contributed by atoms with van der Waals surface area (Å²) in [5, 5.41) is 8.74. The van der Waals surface area contributed by atoms with Crippen molar-refractivity contribution in [3.05, 3.63) is 23.8 Å². The van der Waals surface area contributed by atoms with Crippen LogP contribution >= 0.6 is 0 Å². The number of aliphatic hydroxyl groups excluding tert-OH is 1. The van der Waals surface area contributed by atoms with Crippen molar-refractivity contribution in [3.63, 3.8) is 0 Å². The van der Waals surface area contributed by atoms with Crippen molar-refractivity contribution in [1.29, 1.82) is 0 Å². The molecule has 21 heavy (non-hydrogen) atoms. The van der Waals surface area contributed by atoms with Gasteiger partial charge in [0.25, 0.3) is 5.91 Å². The maximum Gasteiger partial charge on any atom is 0.252 e. The van der Waals surface area contributed by atoms with Crippen molar-refractivity contribution in [3.8, 4) is 5.75 Å². The van der Waals surface area contributed by atoms with Crippen molar-refractivity contribution in [2.45, 2.75) is 30.7 Å². The molecular weight excluding hydrogens is 296 g/mol. The summed E-state index contributed by atoms with van der Waals surface area (Å²) in [6.45, 7) is 1.70. The van der Waals surface area contributed by atoms with Crippen LogP contribution in [0.3, 0.4) is 0 Å². The predicted octanol–water partition coefficient (Wildman–Crippen LogP) is 0.233. The molecule has 1 rings (SSSR count). The molecule has 0 saturated heterocycles. The maximum absolute atomic E-state index is 12.2. The number of hydrogen-bond donors (Lipinski definition) is 3. The largest absolute Gasteiger partial charge is 0.496 e. The molecule has 1 aromatic carbocycles. The minimum atomic E-state index is -3.77. The van der Waals surface area contributed by atoms with Crippen molar-refractivity contribution >= 4 is 15.9 Å². The SMILES string of the molecule is COc1ccc(S(=O)(=O)NC(C)CCCO)cc1C(N)=O. The summed E-state index contributed by atoms with van der Waals surface area (Å²) in [6.07, 6.45) is 1.01. The molecule has 0 spiro atoms. The molecule has 0 aliphatic heterocycles. The van der Waals surface area contributed by atoms with Crippen LogP contribution in [0.2, 0.25) is 0 Å². The lowest BCUT2D eigenvalue weighted by Gasteiger charge is -2.14. The Bertz CT molecular complexity index is 601. The van der Waals surface area contributed by atoms with Gasteiger partial charge in [0.05, 0.1) is 17.6 Å².